The Balaban J connectivity index is 1.68. The van der Waals surface area contributed by atoms with Gasteiger partial charge in [0, 0.05) is 31.7 Å². The van der Waals surface area contributed by atoms with Gasteiger partial charge in [-0.25, -0.2) is 9.07 Å². The number of nitrogens with zero attached hydrogens (tertiary/aromatic N) is 5. The van der Waals surface area contributed by atoms with Crippen LogP contribution in [0.2, 0.25) is 0 Å². The zero-order valence-corrected chi connectivity index (χ0v) is 19.7. The minimum absolute atomic E-state index is 0.144. The molecule has 1 aliphatic rings. The van der Waals surface area contributed by atoms with Crippen molar-refractivity contribution < 1.29 is 13.7 Å². The number of benzene rings is 1. The standard InChI is InChI=1S/C25H28FN7O2/c1-16-6-4-9-20(21(16)26)33-23(17(2)10-11-27)22(30-32-33)25-29-24(31-35-25)19-8-5-7-18(14-19)15-28-12-13-34-3/h4-5,7-11,14,16,28H,2,6,12-13,15,27H2,1,3H3/b11-10-. The smallest absolute Gasteiger partial charge is 0.281 e. The average molecular weight is 478 g/mol. The van der Waals surface area contributed by atoms with Crippen LogP contribution in [0.5, 0.6) is 0 Å². The number of halogens is 1. The first-order valence-corrected chi connectivity index (χ1v) is 11.3. The molecule has 3 aromatic rings. The van der Waals surface area contributed by atoms with Crippen molar-refractivity contribution in [1.82, 2.24) is 30.5 Å². The van der Waals surface area contributed by atoms with Gasteiger partial charge < -0.3 is 20.3 Å². The van der Waals surface area contributed by atoms with Crippen molar-refractivity contribution >= 4 is 11.3 Å². The minimum atomic E-state index is -0.281. The third kappa shape index (κ3) is 5.28. The topological polar surface area (TPSA) is 117 Å². The van der Waals surface area contributed by atoms with E-state index in [0.717, 1.165) is 17.7 Å². The summed E-state index contributed by atoms with van der Waals surface area (Å²) in [5.41, 5.74) is 8.92. The highest BCUT2D eigenvalue weighted by atomic mass is 19.1. The van der Waals surface area contributed by atoms with Crippen molar-refractivity contribution in [3.05, 3.63) is 72.4 Å². The monoisotopic (exact) mass is 477 g/mol. The fourth-order valence-corrected chi connectivity index (χ4v) is 3.73. The van der Waals surface area contributed by atoms with Crippen LogP contribution in [0.4, 0.5) is 4.39 Å². The van der Waals surface area contributed by atoms with E-state index in [4.69, 9.17) is 15.0 Å². The van der Waals surface area contributed by atoms with Crippen LogP contribution in [0.1, 0.15) is 24.6 Å². The summed E-state index contributed by atoms with van der Waals surface area (Å²) in [6.45, 7) is 7.93. The van der Waals surface area contributed by atoms with Crippen LogP contribution in [0.25, 0.3) is 34.2 Å². The number of methoxy groups -OCH3 is 1. The maximum Gasteiger partial charge on any atom is 0.281 e. The fourth-order valence-electron chi connectivity index (χ4n) is 3.73. The van der Waals surface area contributed by atoms with Crippen LogP contribution < -0.4 is 11.1 Å². The Kier molecular flexibility index (Phi) is 7.64. The largest absolute Gasteiger partial charge is 0.405 e. The van der Waals surface area contributed by atoms with Crippen LogP contribution >= 0.6 is 0 Å². The van der Waals surface area contributed by atoms with Crippen LogP contribution in [0.15, 0.2) is 65.6 Å². The number of nitrogens with one attached hydrogen (secondary N) is 1. The van der Waals surface area contributed by atoms with Gasteiger partial charge in [-0.15, -0.1) is 5.10 Å². The number of hydrogen-bond donors (Lipinski definition) is 2. The third-order valence-electron chi connectivity index (χ3n) is 5.57. The molecule has 3 N–H and O–H groups in total. The molecule has 2 aromatic heterocycles. The number of aromatic nitrogens is 5. The van der Waals surface area contributed by atoms with E-state index in [1.165, 1.54) is 10.9 Å². The molecule has 1 aromatic carbocycles. The SMILES string of the molecule is C=C(/C=C\N)c1c(-c2nc(-c3cccc(CNCCOC)c3)no2)nnn1C1=C(F)C(C)CC=C1. The molecule has 1 atom stereocenters. The second-order valence-electron chi connectivity index (χ2n) is 8.15. The van der Waals surface area contributed by atoms with Crippen LogP contribution in [0.3, 0.4) is 0 Å². The van der Waals surface area contributed by atoms with E-state index < -0.39 is 0 Å². The van der Waals surface area contributed by atoms with Crippen LogP contribution in [-0.4, -0.2) is 45.4 Å². The second-order valence-corrected chi connectivity index (χ2v) is 8.15. The summed E-state index contributed by atoms with van der Waals surface area (Å²) in [6.07, 6.45) is 7.13. The molecule has 1 aliphatic carbocycles. The first kappa shape index (κ1) is 24.2. The Morgan fingerprint density at radius 2 is 2.29 bits per heavy atom. The Labute approximate surface area is 202 Å². The molecule has 0 amide bonds. The highest BCUT2D eigenvalue weighted by molar-refractivity contribution is 5.81. The zero-order valence-electron chi connectivity index (χ0n) is 19.7. The highest BCUT2D eigenvalue weighted by Crippen LogP contribution is 2.34. The first-order chi connectivity index (χ1) is 17.0. The Bertz CT molecular complexity index is 1290. The molecular weight excluding hydrogens is 449 g/mol. The molecule has 10 heteroatoms. The number of ether oxygens (including phenoxy) is 1. The lowest BCUT2D eigenvalue weighted by Crippen LogP contribution is -2.18. The summed E-state index contributed by atoms with van der Waals surface area (Å²) >= 11 is 0. The van der Waals surface area contributed by atoms with Gasteiger partial charge in [0.25, 0.3) is 5.89 Å². The van der Waals surface area contributed by atoms with E-state index in [1.807, 2.05) is 37.3 Å². The van der Waals surface area contributed by atoms with Gasteiger partial charge in [-0.05, 0) is 42.0 Å². The lowest BCUT2D eigenvalue weighted by molar-refractivity contribution is 0.199. The third-order valence-corrected chi connectivity index (χ3v) is 5.57. The number of hydrogen-bond acceptors (Lipinski definition) is 8. The van der Waals surface area contributed by atoms with Gasteiger partial charge in [0.05, 0.1) is 12.3 Å². The van der Waals surface area contributed by atoms with Gasteiger partial charge in [0.1, 0.15) is 11.5 Å². The lowest BCUT2D eigenvalue weighted by Gasteiger charge is -2.17. The van der Waals surface area contributed by atoms with E-state index >= 15 is 0 Å². The quantitative estimate of drug-likeness (QED) is 0.333. The fraction of sp³-hybridized carbons (Fsp3) is 0.280. The van der Waals surface area contributed by atoms with Crippen LogP contribution in [0, 0.1) is 5.92 Å². The number of nitrogens with two attached hydrogens (primary N) is 1. The molecule has 9 nitrogen and oxygen atoms in total. The molecule has 0 bridgehead atoms. The van der Waals surface area contributed by atoms with Crippen molar-refractivity contribution in [2.75, 3.05) is 20.3 Å². The van der Waals surface area contributed by atoms with Gasteiger partial charge in [0.2, 0.25) is 5.82 Å². The molecule has 35 heavy (non-hydrogen) atoms. The molecule has 0 fully saturated rings. The van der Waals surface area contributed by atoms with Crippen molar-refractivity contribution in [1.29, 1.82) is 0 Å². The summed E-state index contributed by atoms with van der Waals surface area (Å²) in [5.74, 6) is -0.00181. The number of allylic oxidation sites excluding steroid dienone is 6. The molecule has 4 rings (SSSR count). The molecule has 0 saturated carbocycles. The molecule has 0 spiro atoms. The first-order valence-electron chi connectivity index (χ1n) is 11.3. The number of rotatable bonds is 10. The van der Waals surface area contributed by atoms with E-state index in [0.29, 0.717) is 36.7 Å². The summed E-state index contributed by atoms with van der Waals surface area (Å²) in [5, 5.41) is 15.9. The predicted octanol–water partition coefficient (Wildman–Crippen LogP) is 3.95. The van der Waals surface area contributed by atoms with Crippen molar-refractivity contribution in [3.63, 3.8) is 0 Å². The van der Waals surface area contributed by atoms with E-state index in [2.05, 4.69) is 32.3 Å². The summed E-state index contributed by atoms with van der Waals surface area (Å²) in [7, 11) is 1.67. The highest BCUT2D eigenvalue weighted by Gasteiger charge is 2.26. The summed E-state index contributed by atoms with van der Waals surface area (Å²) in [4.78, 5) is 4.54. The molecule has 182 valence electrons. The van der Waals surface area contributed by atoms with Gasteiger partial charge in [-0.2, -0.15) is 4.98 Å². The maximum absolute atomic E-state index is 15.0. The predicted molar refractivity (Wildman–Crippen MR) is 132 cm³/mol. The molecule has 0 radical (unpaired) electrons. The Hall–Kier alpha value is -3.89. The van der Waals surface area contributed by atoms with E-state index in [-0.39, 0.29) is 29.0 Å². The normalized spacial score (nSPS) is 15.9. The van der Waals surface area contributed by atoms with Crippen molar-refractivity contribution in [2.45, 2.75) is 19.9 Å². The maximum atomic E-state index is 15.0. The van der Waals surface area contributed by atoms with Gasteiger partial charge in [-0.3, -0.25) is 0 Å². The average Bonchev–Trinajstić information content (AvgIpc) is 3.52. The molecule has 0 aliphatic heterocycles. The zero-order chi connectivity index (χ0) is 24.8. The molecule has 1 unspecified atom stereocenters. The Morgan fingerprint density at radius 3 is 3.09 bits per heavy atom. The molecule has 0 saturated heterocycles. The second kappa shape index (κ2) is 11.0. The molecular formula is C25H28FN7O2. The van der Waals surface area contributed by atoms with Crippen molar-refractivity contribution in [3.8, 4) is 23.0 Å². The lowest BCUT2D eigenvalue weighted by atomic mass is 9.99. The Morgan fingerprint density at radius 1 is 1.43 bits per heavy atom. The molecule has 2 heterocycles. The van der Waals surface area contributed by atoms with Crippen LogP contribution in [-0.2, 0) is 11.3 Å². The minimum Gasteiger partial charge on any atom is -0.405 e. The van der Waals surface area contributed by atoms with E-state index in [1.54, 1.807) is 19.3 Å². The van der Waals surface area contributed by atoms with Crippen molar-refractivity contribution in [2.24, 2.45) is 11.7 Å². The van der Waals surface area contributed by atoms with Gasteiger partial charge in [-0.1, -0.05) is 48.1 Å². The van der Waals surface area contributed by atoms with Gasteiger partial charge in [0.15, 0.2) is 5.69 Å². The van der Waals surface area contributed by atoms with E-state index in [9.17, 15) is 4.39 Å². The summed E-state index contributed by atoms with van der Waals surface area (Å²) < 4.78 is 27.0. The summed E-state index contributed by atoms with van der Waals surface area (Å²) in [6, 6.07) is 7.82. The van der Waals surface area contributed by atoms with Gasteiger partial charge >= 0.3 is 0 Å².